The van der Waals surface area contributed by atoms with Crippen LogP contribution in [-0.4, -0.2) is 31.4 Å². The molecule has 100 valence electrons. The maximum Gasteiger partial charge on any atom is 0.160 e. The van der Waals surface area contributed by atoms with Gasteiger partial charge in [-0.3, -0.25) is 0 Å². The Kier molecular flexibility index (Phi) is 5.12. The first-order chi connectivity index (χ1) is 8.78. The number of hydrogen-bond donors (Lipinski definition) is 0. The Morgan fingerprint density at radius 3 is 2.56 bits per heavy atom. The van der Waals surface area contributed by atoms with Crippen LogP contribution in [0.1, 0.15) is 24.3 Å². The first-order valence-corrected chi connectivity index (χ1v) is 7.70. The van der Waals surface area contributed by atoms with Crippen LogP contribution >= 0.6 is 22.6 Å². The molecule has 3 nitrogen and oxygen atoms in total. The number of hydrogen-bond acceptors (Lipinski definition) is 3. The van der Waals surface area contributed by atoms with Crippen LogP contribution < -0.4 is 9.47 Å². The Morgan fingerprint density at radius 1 is 1.22 bits per heavy atom. The van der Waals surface area contributed by atoms with Crippen LogP contribution in [0.5, 0.6) is 11.5 Å². The van der Waals surface area contributed by atoms with E-state index in [9.17, 15) is 0 Å². The molecule has 1 heterocycles. The lowest BCUT2D eigenvalue weighted by Crippen LogP contribution is -2.25. The molecule has 0 amide bonds. The molecule has 0 radical (unpaired) electrons. The molecule has 1 aromatic carbocycles. The van der Waals surface area contributed by atoms with Gasteiger partial charge in [-0.1, -0.05) is 28.7 Å². The van der Waals surface area contributed by atoms with E-state index in [1.165, 1.54) is 12.0 Å². The molecule has 2 rings (SSSR count). The van der Waals surface area contributed by atoms with Crippen LogP contribution in [0, 0.1) is 0 Å². The summed E-state index contributed by atoms with van der Waals surface area (Å²) in [5.74, 6) is 2.05. The van der Waals surface area contributed by atoms with E-state index in [4.69, 9.17) is 14.2 Å². The quantitative estimate of drug-likeness (QED) is 0.607. The highest BCUT2D eigenvalue weighted by atomic mass is 127. The first kappa shape index (κ1) is 13.9. The van der Waals surface area contributed by atoms with Gasteiger partial charge in [0.05, 0.1) is 26.9 Å². The summed E-state index contributed by atoms with van der Waals surface area (Å²) in [7, 11) is 3.33. The predicted octanol–water partition coefficient (Wildman–Crippen LogP) is 3.40. The molecule has 1 aliphatic rings. The number of halogens is 1. The summed E-state index contributed by atoms with van der Waals surface area (Å²) in [6.07, 6.45) is 2.76. The Bertz CT molecular complexity index is 387. The summed E-state index contributed by atoms with van der Waals surface area (Å²) in [6, 6.07) is 6.15. The van der Waals surface area contributed by atoms with E-state index in [1.54, 1.807) is 14.2 Å². The van der Waals surface area contributed by atoms with Crippen molar-refractivity contribution < 1.29 is 14.2 Å². The Labute approximate surface area is 122 Å². The second-order valence-corrected chi connectivity index (χ2v) is 5.38. The monoisotopic (exact) mass is 362 g/mol. The zero-order valence-electron chi connectivity index (χ0n) is 10.8. The van der Waals surface area contributed by atoms with Gasteiger partial charge in [0.15, 0.2) is 11.5 Å². The van der Waals surface area contributed by atoms with E-state index in [1.807, 2.05) is 6.07 Å². The summed E-state index contributed by atoms with van der Waals surface area (Å²) in [4.78, 5) is 0. The van der Waals surface area contributed by atoms with Crippen molar-refractivity contribution in [2.45, 2.75) is 24.9 Å². The van der Waals surface area contributed by atoms with Gasteiger partial charge in [-0.05, 0) is 30.5 Å². The number of rotatable bonds is 4. The van der Waals surface area contributed by atoms with Crippen LogP contribution in [0.2, 0.25) is 0 Å². The lowest BCUT2D eigenvalue weighted by molar-refractivity contribution is 0.0200. The van der Waals surface area contributed by atoms with Crippen molar-refractivity contribution in [3.63, 3.8) is 0 Å². The SMILES string of the molecule is COc1ccc([C@H]2CC[C@@H](CI)OC2)cc1OC. The molecular weight excluding hydrogens is 343 g/mol. The van der Waals surface area contributed by atoms with Crippen molar-refractivity contribution >= 4 is 22.6 Å². The lowest BCUT2D eigenvalue weighted by atomic mass is 9.91. The number of ether oxygens (including phenoxy) is 3. The highest BCUT2D eigenvalue weighted by Crippen LogP contribution is 2.34. The fraction of sp³-hybridized carbons (Fsp3) is 0.571. The Hall–Kier alpha value is -0.490. The minimum absolute atomic E-state index is 0.432. The van der Waals surface area contributed by atoms with Crippen molar-refractivity contribution in [1.29, 1.82) is 0 Å². The van der Waals surface area contributed by atoms with Gasteiger partial charge in [0.1, 0.15) is 0 Å². The van der Waals surface area contributed by atoms with Gasteiger partial charge in [-0.2, -0.15) is 0 Å². The molecule has 4 heteroatoms. The lowest BCUT2D eigenvalue weighted by Gasteiger charge is -2.28. The van der Waals surface area contributed by atoms with Crippen molar-refractivity contribution in [1.82, 2.24) is 0 Å². The minimum Gasteiger partial charge on any atom is -0.493 e. The molecule has 0 spiro atoms. The fourth-order valence-electron chi connectivity index (χ4n) is 2.30. The maximum atomic E-state index is 5.84. The fourth-order valence-corrected chi connectivity index (χ4v) is 2.99. The molecule has 0 N–H and O–H groups in total. The molecule has 1 saturated heterocycles. The van der Waals surface area contributed by atoms with Crippen LogP contribution in [0.25, 0.3) is 0 Å². The smallest absolute Gasteiger partial charge is 0.160 e. The van der Waals surface area contributed by atoms with E-state index >= 15 is 0 Å². The molecule has 1 fully saturated rings. The predicted molar refractivity (Wildman–Crippen MR) is 80.1 cm³/mol. The molecule has 18 heavy (non-hydrogen) atoms. The third-order valence-electron chi connectivity index (χ3n) is 3.42. The van der Waals surface area contributed by atoms with Gasteiger partial charge in [-0.25, -0.2) is 0 Å². The van der Waals surface area contributed by atoms with Crippen molar-refractivity contribution in [2.75, 3.05) is 25.3 Å². The summed E-state index contributed by atoms with van der Waals surface area (Å²) < 4.78 is 17.5. The zero-order chi connectivity index (χ0) is 13.0. The maximum absolute atomic E-state index is 5.84. The number of alkyl halides is 1. The molecule has 0 aromatic heterocycles. The molecule has 0 aliphatic carbocycles. The van der Waals surface area contributed by atoms with Gasteiger partial charge in [0, 0.05) is 10.3 Å². The van der Waals surface area contributed by atoms with Gasteiger partial charge in [0.25, 0.3) is 0 Å². The van der Waals surface area contributed by atoms with Gasteiger partial charge >= 0.3 is 0 Å². The first-order valence-electron chi connectivity index (χ1n) is 6.18. The molecule has 2 atom stereocenters. The number of methoxy groups -OCH3 is 2. The Morgan fingerprint density at radius 2 is 2.00 bits per heavy atom. The largest absolute Gasteiger partial charge is 0.493 e. The second-order valence-electron chi connectivity index (χ2n) is 4.50. The van der Waals surface area contributed by atoms with Gasteiger partial charge in [-0.15, -0.1) is 0 Å². The second kappa shape index (κ2) is 6.61. The summed E-state index contributed by atoms with van der Waals surface area (Å²) in [5.41, 5.74) is 1.28. The van der Waals surface area contributed by atoms with Crippen LogP contribution in [-0.2, 0) is 4.74 Å². The third kappa shape index (κ3) is 3.09. The molecule has 0 saturated carbocycles. The van der Waals surface area contributed by atoms with Crippen LogP contribution in [0.15, 0.2) is 18.2 Å². The van der Waals surface area contributed by atoms with E-state index in [-0.39, 0.29) is 0 Å². The van der Waals surface area contributed by atoms with Crippen LogP contribution in [0.4, 0.5) is 0 Å². The van der Waals surface area contributed by atoms with Crippen molar-refractivity contribution in [2.24, 2.45) is 0 Å². The minimum atomic E-state index is 0.432. The van der Waals surface area contributed by atoms with E-state index in [2.05, 4.69) is 34.7 Å². The van der Waals surface area contributed by atoms with Gasteiger partial charge < -0.3 is 14.2 Å². The summed E-state index contributed by atoms with van der Waals surface area (Å²) in [6.45, 7) is 0.809. The summed E-state index contributed by atoms with van der Waals surface area (Å²) >= 11 is 2.39. The molecule has 1 aliphatic heterocycles. The molecule has 0 bridgehead atoms. The highest BCUT2D eigenvalue weighted by molar-refractivity contribution is 14.1. The van der Waals surface area contributed by atoms with E-state index in [0.29, 0.717) is 12.0 Å². The Balaban J connectivity index is 2.09. The number of benzene rings is 1. The highest BCUT2D eigenvalue weighted by Gasteiger charge is 2.23. The molecular formula is C14H19IO3. The third-order valence-corrected chi connectivity index (χ3v) is 4.40. The zero-order valence-corrected chi connectivity index (χ0v) is 13.0. The van der Waals surface area contributed by atoms with Crippen molar-refractivity contribution in [3.8, 4) is 11.5 Å². The molecule has 0 unspecified atom stereocenters. The average molecular weight is 362 g/mol. The standard InChI is InChI=1S/C14H19IO3/c1-16-13-6-4-10(7-14(13)17-2)11-3-5-12(8-15)18-9-11/h4,6-7,11-12H,3,5,8-9H2,1-2H3/t11-,12-/m0/s1. The topological polar surface area (TPSA) is 27.7 Å². The van der Waals surface area contributed by atoms with Gasteiger partial charge in [0.2, 0.25) is 0 Å². The summed E-state index contributed by atoms with van der Waals surface area (Å²) in [5, 5.41) is 0. The van der Waals surface area contributed by atoms with E-state index in [0.717, 1.165) is 29.0 Å². The van der Waals surface area contributed by atoms with Crippen molar-refractivity contribution in [3.05, 3.63) is 23.8 Å². The average Bonchev–Trinajstić information content (AvgIpc) is 2.46. The van der Waals surface area contributed by atoms with Crippen LogP contribution in [0.3, 0.4) is 0 Å². The van der Waals surface area contributed by atoms with E-state index < -0.39 is 0 Å². The normalized spacial score (nSPS) is 23.7. The molecule has 1 aromatic rings.